The summed E-state index contributed by atoms with van der Waals surface area (Å²) in [6.45, 7) is 4.28. The summed E-state index contributed by atoms with van der Waals surface area (Å²) < 4.78 is 0. The van der Waals surface area contributed by atoms with E-state index in [0.717, 1.165) is 0 Å². The molecular formula is C11H12Cl2N2O2. The lowest BCUT2D eigenvalue weighted by molar-refractivity contribution is -0.138. The second-order valence-corrected chi connectivity index (χ2v) is 4.25. The highest BCUT2D eigenvalue weighted by Gasteiger charge is 2.13. The molecule has 1 aromatic rings. The molecule has 92 valence electrons. The zero-order chi connectivity index (χ0) is 12.8. The molecule has 0 bridgehead atoms. The van der Waals surface area contributed by atoms with Crippen molar-refractivity contribution in [2.45, 2.75) is 6.54 Å². The van der Waals surface area contributed by atoms with Gasteiger partial charge in [-0.2, -0.15) is 0 Å². The van der Waals surface area contributed by atoms with Crippen molar-refractivity contribution in [1.82, 2.24) is 9.88 Å². The number of pyridine rings is 1. The van der Waals surface area contributed by atoms with Gasteiger partial charge in [-0.3, -0.25) is 14.7 Å². The summed E-state index contributed by atoms with van der Waals surface area (Å²) in [6, 6.07) is 0. The molecule has 6 heteroatoms. The first kappa shape index (κ1) is 14.0. The van der Waals surface area contributed by atoms with Crippen LogP contribution in [0.25, 0.3) is 0 Å². The molecular weight excluding hydrogens is 263 g/mol. The van der Waals surface area contributed by atoms with Crippen molar-refractivity contribution >= 4 is 29.2 Å². The van der Waals surface area contributed by atoms with Gasteiger partial charge in [-0.15, -0.1) is 6.58 Å². The number of aromatic nitrogens is 1. The van der Waals surface area contributed by atoms with E-state index in [1.165, 1.54) is 12.4 Å². The lowest BCUT2D eigenvalue weighted by Crippen LogP contribution is -2.29. The third-order valence-electron chi connectivity index (χ3n) is 2.08. The molecule has 1 N–H and O–H groups in total. The maximum atomic E-state index is 10.7. The zero-order valence-electron chi connectivity index (χ0n) is 9.07. The molecule has 1 heterocycles. The van der Waals surface area contributed by atoms with E-state index in [2.05, 4.69) is 11.6 Å². The third-order valence-corrected chi connectivity index (χ3v) is 2.73. The number of halogens is 2. The third kappa shape index (κ3) is 4.34. The predicted molar refractivity (Wildman–Crippen MR) is 67.4 cm³/mol. The van der Waals surface area contributed by atoms with Crippen molar-refractivity contribution in [2.75, 3.05) is 13.1 Å². The normalized spacial score (nSPS) is 10.5. The van der Waals surface area contributed by atoms with Crippen LogP contribution < -0.4 is 0 Å². The highest BCUT2D eigenvalue weighted by Crippen LogP contribution is 2.24. The summed E-state index contributed by atoms with van der Waals surface area (Å²) in [6.07, 6.45) is 4.59. The van der Waals surface area contributed by atoms with Crippen LogP contribution in [0, 0.1) is 0 Å². The maximum absolute atomic E-state index is 10.7. The Bertz CT molecular complexity index is 404. The Balaban J connectivity index is 2.85. The van der Waals surface area contributed by atoms with Crippen molar-refractivity contribution in [3.63, 3.8) is 0 Å². The minimum Gasteiger partial charge on any atom is -0.480 e. The first-order valence-corrected chi connectivity index (χ1v) is 5.63. The average molecular weight is 275 g/mol. The average Bonchev–Trinajstić information content (AvgIpc) is 2.23. The van der Waals surface area contributed by atoms with Crippen molar-refractivity contribution in [3.05, 3.63) is 40.7 Å². The number of rotatable bonds is 6. The summed E-state index contributed by atoms with van der Waals surface area (Å²) in [7, 11) is 0. The second-order valence-electron chi connectivity index (χ2n) is 3.43. The van der Waals surface area contributed by atoms with Gasteiger partial charge in [-0.05, 0) is 0 Å². The topological polar surface area (TPSA) is 53.4 Å². The van der Waals surface area contributed by atoms with Gasteiger partial charge in [0.15, 0.2) is 0 Å². The van der Waals surface area contributed by atoms with Gasteiger partial charge in [0.05, 0.1) is 16.6 Å². The number of hydrogen-bond donors (Lipinski definition) is 1. The predicted octanol–water partition coefficient (Wildman–Crippen LogP) is 2.46. The van der Waals surface area contributed by atoms with Crippen molar-refractivity contribution < 1.29 is 9.90 Å². The number of carbonyl (C=O) groups is 1. The van der Waals surface area contributed by atoms with Gasteiger partial charge in [-0.1, -0.05) is 29.3 Å². The number of carboxylic acids is 1. The molecule has 0 spiro atoms. The number of carboxylic acid groups (broad SMARTS) is 1. The monoisotopic (exact) mass is 274 g/mol. The summed E-state index contributed by atoms with van der Waals surface area (Å²) in [5.41, 5.74) is 0.673. The summed E-state index contributed by atoms with van der Waals surface area (Å²) in [4.78, 5) is 16.2. The van der Waals surface area contributed by atoms with E-state index in [9.17, 15) is 4.79 Å². The Labute approximate surface area is 109 Å². The molecule has 0 aliphatic rings. The van der Waals surface area contributed by atoms with Crippen LogP contribution >= 0.6 is 23.2 Å². The fourth-order valence-electron chi connectivity index (χ4n) is 1.37. The molecule has 0 amide bonds. The van der Waals surface area contributed by atoms with Crippen molar-refractivity contribution in [2.24, 2.45) is 0 Å². The Kier molecular flexibility index (Phi) is 5.41. The van der Waals surface area contributed by atoms with Gasteiger partial charge in [0.25, 0.3) is 0 Å². The van der Waals surface area contributed by atoms with Crippen LogP contribution in [0.1, 0.15) is 5.56 Å². The van der Waals surface area contributed by atoms with Crippen LogP contribution in [0.5, 0.6) is 0 Å². The number of nitrogens with zero attached hydrogens (tertiary/aromatic N) is 2. The lowest BCUT2D eigenvalue weighted by Gasteiger charge is -2.19. The Hall–Kier alpha value is -1.10. The van der Waals surface area contributed by atoms with E-state index < -0.39 is 5.97 Å². The van der Waals surface area contributed by atoms with E-state index in [1.807, 2.05) is 0 Å². The van der Waals surface area contributed by atoms with Gasteiger partial charge in [-0.25, -0.2) is 0 Å². The van der Waals surface area contributed by atoms with E-state index in [4.69, 9.17) is 28.3 Å². The van der Waals surface area contributed by atoms with Crippen molar-refractivity contribution in [1.29, 1.82) is 0 Å². The number of hydrogen-bond acceptors (Lipinski definition) is 3. The molecule has 0 atom stereocenters. The van der Waals surface area contributed by atoms with Gasteiger partial charge in [0, 0.05) is 31.0 Å². The summed E-state index contributed by atoms with van der Waals surface area (Å²) in [5, 5.41) is 9.63. The molecule has 0 unspecified atom stereocenters. The van der Waals surface area contributed by atoms with E-state index >= 15 is 0 Å². The molecule has 0 aliphatic heterocycles. The van der Waals surface area contributed by atoms with Crippen LogP contribution in [-0.4, -0.2) is 34.0 Å². The second kappa shape index (κ2) is 6.59. The van der Waals surface area contributed by atoms with E-state index in [0.29, 0.717) is 28.7 Å². The van der Waals surface area contributed by atoms with Crippen LogP contribution in [0.2, 0.25) is 10.0 Å². The van der Waals surface area contributed by atoms with Gasteiger partial charge < -0.3 is 5.11 Å². The molecule has 1 rings (SSSR count). The standard InChI is InChI=1S/C11H12Cl2N2O2/c1-2-3-15(7-11(16)17)6-8-9(12)4-14-5-10(8)13/h2,4-5H,1,3,6-7H2,(H,16,17). The molecule has 0 aromatic carbocycles. The highest BCUT2D eigenvalue weighted by molar-refractivity contribution is 6.35. The van der Waals surface area contributed by atoms with Crippen molar-refractivity contribution in [3.8, 4) is 0 Å². The van der Waals surface area contributed by atoms with Crippen LogP contribution in [0.3, 0.4) is 0 Å². The van der Waals surface area contributed by atoms with Gasteiger partial charge in [0.2, 0.25) is 0 Å². The molecule has 17 heavy (non-hydrogen) atoms. The van der Waals surface area contributed by atoms with Crippen LogP contribution in [-0.2, 0) is 11.3 Å². The fourth-order valence-corrected chi connectivity index (χ4v) is 1.86. The lowest BCUT2D eigenvalue weighted by atomic mass is 10.2. The van der Waals surface area contributed by atoms with Crippen LogP contribution in [0.15, 0.2) is 25.0 Å². The molecule has 0 radical (unpaired) electrons. The zero-order valence-corrected chi connectivity index (χ0v) is 10.6. The fraction of sp³-hybridized carbons (Fsp3) is 0.273. The maximum Gasteiger partial charge on any atom is 0.317 e. The minimum absolute atomic E-state index is 0.0962. The van der Waals surface area contributed by atoms with Crippen LogP contribution in [0.4, 0.5) is 0 Å². The smallest absolute Gasteiger partial charge is 0.317 e. The Morgan fingerprint density at radius 3 is 2.53 bits per heavy atom. The van der Waals surface area contributed by atoms with E-state index in [1.54, 1.807) is 11.0 Å². The molecule has 0 saturated heterocycles. The van der Waals surface area contributed by atoms with E-state index in [-0.39, 0.29) is 6.54 Å². The van der Waals surface area contributed by atoms with Gasteiger partial charge in [0.1, 0.15) is 0 Å². The Morgan fingerprint density at radius 2 is 2.06 bits per heavy atom. The SMILES string of the molecule is C=CCN(CC(=O)O)Cc1c(Cl)cncc1Cl. The number of aliphatic carboxylic acids is 1. The Morgan fingerprint density at radius 1 is 1.47 bits per heavy atom. The molecule has 0 aliphatic carbocycles. The highest BCUT2D eigenvalue weighted by atomic mass is 35.5. The first-order valence-electron chi connectivity index (χ1n) is 4.87. The largest absolute Gasteiger partial charge is 0.480 e. The summed E-state index contributed by atoms with van der Waals surface area (Å²) in [5.74, 6) is -0.909. The first-order chi connectivity index (χ1) is 8.04. The summed E-state index contributed by atoms with van der Waals surface area (Å²) >= 11 is 11.9. The molecule has 1 aromatic heterocycles. The minimum atomic E-state index is -0.909. The molecule has 0 saturated carbocycles. The quantitative estimate of drug-likeness (QED) is 0.810. The van der Waals surface area contributed by atoms with Gasteiger partial charge >= 0.3 is 5.97 Å². The molecule has 4 nitrogen and oxygen atoms in total. The molecule has 0 fully saturated rings.